The van der Waals surface area contributed by atoms with Gasteiger partial charge in [0.2, 0.25) is 5.91 Å². The number of benzene rings is 3. The third-order valence-corrected chi connectivity index (χ3v) is 5.86. The van der Waals surface area contributed by atoms with Gasteiger partial charge in [-0.1, -0.05) is 77.1 Å². The summed E-state index contributed by atoms with van der Waals surface area (Å²) in [6.45, 7) is 10.7. The van der Waals surface area contributed by atoms with E-state index in [1.54, 1.807) is 30.3 Å². The molecular formula is C30H33N3O2S. The lowest BCUT2D eigenvalue weighted by molar-refractivity contribution is -0.115. The molecule has 0 atom stereocenters. The maximum Gasteiger partial charge on any atom is 0.255 e. The van der Waals surface area contributed by atoms with Crippen molar-refractivity contribution in [1.29, 1.82) is 0 Å². The molecule has 186 valence electrons. The van der Waals surface area contributed by atoms with Crippen LogP contribution in [0.5, 0.6) is 0 Å². The predicted molar refractivity (Wildman–Crippen MR) is 153 cm³/mol. The van der Waals surface area contributed by atoms with Gasteiger partial charge >= 0.3 is 0 Å². The number of anilines is 2. The van der Waals surface area contributed by atoms with Crippen molar-refractivity contribution < 1.29 is 9.59 Å². The van der Waals surface area contributed by atoms with Crippen LogP contribution in [0.3, 0.4) is 0 Å². The SMILES string of the molecule is CC(C)c1ccc(/C=C/C(=O)NC(=S)Nc2cccc(NC(=O)c3ccc(C(C)(C)C)cc3)c2)cc1. The highest BCUT2D eigenvalue weighted by Crippen LogP contribution is 2.23. The Kier molecular flexibility index (Phi) is 8.78. The summed E-state index contributed by atoms with van der Waals surface area (Å²) in [6.07, 6.45) is 3.19. The zero-order chi connectivity index (χ0) is 26.3. The van der Waals surface area contributed by atoms with Crippen LogP contribution >= 0.6 is 12.2 Å². The largest absolute Gasteiger partial charge is 0.332 e. The van der Waals surface area contributed by atoms with E-state index in [4.69, 9.17) is 12.2 Å². The van der Waals surface area contributed by atoms with Gasteiger partial charge in [-0.15, -0.1) is 0 Å². The Morgan fingerprint density at radius 1 is 0.861 bits per heavy atom. The fraction of sp³-hybridized carbons (Fsp3) is 0.233. The van der Waals surface area contributed by atoms with Gasteiger partial charge in [-0.05, 0) is 76.6 Å². The van der Waals surface area contributed by atoms with Crippen LogP contribution < -0.4 is 16.0 Å². The minimum Gasteiger partial charge on any atom is -0.332 e. The van der Waals surface area contributed by atoms with Gasteiger partial charge in [0.05, 0.1) is 0 Å². The Labute approximate surface area is 219 Å². The molecule has 3 aromatic carbocycles. The fourth-order valence-corrected chi connectivity index (χ4v) is 3.70. The lowest BCUT2D eigenvalue weighted by Crippen LogP contribution is -2.32. The van der Waals surface area contributed by atoms with E-state index in [0.29, 0.717) is 22.9 Å². The number of nitrogens with one attached hydrogen (secondary N) is 3. The van der Waals surface area contributed by atoms with E-state index in [1.807, 2.05) is 36.4 Å². The highest BCUT2D eigenvalue weighted by atomic mass is 32.1. The smallest absolute Gasteiger partial charge is 0.255 e. The first kappa shape index (κ1) is 26.8. The van der Waals surface area contributed by atoms with E-state index < -0.39 is 0 Å². The van der Waals surface area contributed by atoms with Crippen molar-refractivity contribution in [2.75, 3.05) is 10.6 Å². The van der Waals surface area contributed by atoms with Gasteiger partial charge in [0.15, 0.2) is 5.11 Å². The molecule has 0 aromatic heterocycles. The van der Waals surface area contributed by atoms with Crippen molar-refractivity contribution >= 4 is 46.6 Å². The van der Waals surface area contributed by atoms with Crippen molar-refractivity contribution in [2.45, 2.75) is 46.0 Å². The maximum absolute atomic E-state index is 12.7. The first-order valence-electron chi connectivity index (χ1n) is 11.9. The van der Waals surface area contributed by atoms with Crippen LogP contribution in [0.15, 0.2) is 78.9 Å². The number of carbonyl (C=O) groups excluding carboxylic acids is 2. The quantitative estimate of drug-likeness (QED) is 0.255. The summed E-state index contributed by atoms with van der Waals surface area (Å²) >= 11 is 5.27. The third kappa shape index (κ3) is 7.89. The second-order valence-electron chi connectivity index (χ2n) is 9.96. The van der Waals surface area contributed by atoms with Crippen LogP contribution in [0.4, 0.5) is 11.4 Å². The van der Waals surface area contributed by atoms with E-state index >= 15 is 0 Å². The van der Waals surface area contributed by atoms with E-state index in [0.717, 1.165) is 5.56 Å². The minimum absolute atomic E-state index is 0.0255. The Morgan fingerprint density at radius 2 is 1.47 bits per heavy atom. The summed E-state index contributed by atoms with van der Waals surface area (Å²) < 4.78 is 0. The van der Waals surface area contributed by atoms with Crippen LogP contribution in [0.25, 0.3) is 6.08 Å². The topological polar surface area (TPSA) is 70.2 Å². The van der Waals surface area contributed by atoms with Crippen molar-refractivity contribution in [3.63, 3.8) is 0 Å². The molecule has 3 N–H and O–H groups in total. The molecule has 3 rings (SSSR count). The van der Waals surface area contributed by atoms with Crippen molar-refractivity contribution in [2.24, 2.45) is 0 Å². The molecule has 0 bridgehead atoms. The number of hydrogen-bond acceptors (Lipinski definition) is 3. The molecule has 0 saturated carbocycles. The lowest BCUT2D eigenvalue weighted by Gasteiger charge is -2.19. The zero-order valence-electron chi connectivity index (χ0n) is 21.4. The standard InChI is InChI=1S/C30H33N3O2S/c1-20(2)22-12-9-21(10-13-22)11-18-27(34)33-29(36)32-26-8-6-7-25(19-26)31-28(35)23-14-16-24(17-15-23)30(3,4)5/h6-20H,1-5H3,(H,31,35)(H2,32,33,34,36)/b18-11+. The first-order chi connectivity index (χ1) is 17.0. The number of amides is 2. The van der Waals surface area contributed by atoms with E-state index in [2.05, 4.69) is 62.7 Å². The average Bonchev–Trinajstić information content (AvgIpc) is 2.82. The average molecular weight is 500 g/mol. The molecule has 0 unspecified atom stereocenters. The Hall–Kier alpha value is -3.77. The summed E-state index contributed by atoms with van der Waals surface area (Å²) in [6, 6.07) is 22.8. The predicted octanol–water partition coefficient (Wildman–Crippen LogP) is 6.89. The van der Waals surface area contributed by atoms with Crippen molar-refractivity contribution in [3.05, 3.63) is 101 Å². The molecule has 3 aromatic rings. The van der Waals surface area contributed by atoms with Gasteiger partial charge in [-0.3, -0.25) is 14.9 Å². The monoisotopic (exact) mass is 499 g/mol. The molecule has 0 aliphatic rings. The molecule has 6 heteroatoms. The molecule has 5 nitrogen and oxygen atoms in total. The molecule has 0 fully saturated rings. The van der Waals surface area contributed by atoms with Gasteiger partial charge < -0.3 is 10.6 Å². The van der Waals surface area contributed by atoms with Crippen LogP contribution in [0.2, 0.25) is 0 Å². The van der Waals surface area contributed by atoms with Crippen molar-refractivity contribution in [1.82, 2.24) is 5.32 Å². The number of rotatable bonds is 6. The van der Waals surface area contributed by atoms with Gasteiger partial charge in [0.1, 0.15) is 0 Å². The lowest BCUT2D eigenvalue weighted by atomic mass is 9.87. The fourth-order valence-electron chi connectivity index (χ4n) is 3.48. The van der Waals surface area contributed by atoms with Gasteiger partial charge in [0.25, 0.3) is 5.91 Å². The molecule has 2 amide bonds. The molecule has 0 aliphatic carbocycles. The van der Waals surface area contributed by atoms with Gasteiger partial charge in [0, 0.05) is 23.0 Å². The second-order valence-corrected chi connectivity index (χ2v) is 10.4. The molecule has 0 radical (unpaired) electrons. The Balaban J connectivity index is 1.54. The molecule has 0 spiro atoms. The van der Waals surface area contributed by atoms with Crippen LogP contribution in [-0.2, 0) is 10.2 Å². The zero-order valence-corrected chi connectivity index (χ0v) is 22.2. The van der Waals surface area contributed by atoms with Crippen molar-refractivity contribution in [3.8, 4) is 0 Å². The van der Waals surface area contributed by atoms with Gasteiger partial charge in [-0.25, -0.2) is 0 Å². The first-order valence-corrected chi connectivity index (χ1v) is 12.3. The molecule has 36 heavy (non-hydrogen) atoms. The van der Waals surface area contributed by atoms with Crippen LogP contribution in [0.1, 0.15) is 67.6 Å². The van der Waals surface area contributed by atoms with E-state index in [9.17, 15) is 9.59 Å². The van der Waals surface area contributed by atoms with Crippen LogP contribution in [0, 0.1) is 0 Å². The summed E-state index contributed by atoms with van der Waals surface area (Å²) in [4.78, 5) is 24.9. The summed E-state index contributed by atoms with van der Waals surface area (Å²) in [5.74, 6) is -0.0692. The van der Waals surface area contributed by atoms with Gasteiger partial charge in [-0.2, -0.15) is 0 Å². The van der Waals surface area contributed by atoms with E-state index in [-0.39, 0.29) is 22.3 Å². The Bertz CT molecular complexity index is 1250. The molecule has 0 heterocycles. The second kappa shape index (κ2) is 11.8. The molecule has 0 saturated heterocycles. The summed E-state index contributed by atoms with van der Waals surface area (Å²) in [7, 11) is 0. The van der Waals surface area contributed by atoms with Crippen LogP contribution in [-0.4, -0.2) is 16.9 Å². The number of thiocarbonyl (C=S) groups is 1. The number of hydrogen-bond donors (Lipinski definition) is 3. The maximum atomic E-state index is 12.7. The van der Waals surface area contributed by atoms with E-state index in [1.165, 1.54) is 17.2 Å². The number of carbonyl (C=O) groups is 2. The Morgan fingerprint density at radius 3 is 2.06 bits per heavy atom. The highest BCUT2D eigenvalue weighted by Gasteiger charge is 2.14. The summed E-state index contributed by atoms with van der Waals surface area (Å²) in [5, 5.41) is 8.69. The molecule has 0 aliphatic heterocycles. The normalized spacial score (nSPS) is 11.4. The highest BCUT2D eigenvalue weighted by molar-refractivity contribution is 7.80. The minimum atomic E-state index is -0.330. The summed E-state index contributed by atoms with van der Waals surface area (Å²) in [5.41, 5.74) is 5.22. The third-order valence-electron chi connectivity index (χ3n) is 5.66. The molecular weight excluding hydrogens is 466 g/mol.